The van der Waals surface area contributed by atoms with Gasteiger partial charge in [0.1, 0.15) is 12.4 Å². The van der Waals surface area contributed by atoms with E-state index in [0.29, 0.717) is 11.6 Å². The summed E-state index contributed by atoms with van der Waals surface area (Å²) in [6, 6.07) is 7.30. The highest BCUT2D eigenvalue weighted by Gasteiger charge is 2.12. The minimum Gasteiger partial charge on any atom is -0.472 e. The summed E-state index contributed by atoms with van der Waals surface area (Å²) in [4.78, 5) is 1.03. The van der Waals surface area contributed by atoms with Crippen molar-refractivity contribution >= 4 is 24.6 Å². The summed E-state index contributed by atoms with van der Waals surface area (Å²) in [5.41, 5.74) is 0.842. The van der Waals surface area contributed by atoms with Gasteiger partial charge in [-0.05, 0) is 30.7 Å². The maximum absolute atomic E-state index is 8.71. The summed E-state index contributed by atoms with van der Waals surface area (Å²) in [5.74, 6) is 1.91. The molecule has 0 aliphatic heterocycles. The number of hydrogen-bond donors (Lipinski definition) is 1. The van der Waals surface area contributed by atoms with Crippen molar-refractivity contribution in [3.05, 3.63) is 36.0 Å². The molecule has 7 heteroatoms. The first kappa shape index (κ1) is 14.6. The van der Waals surface area contributed by atoms with E-state index in [2.05, 4.69) is 24.8 Å². The Hall–Kier alpha value is -1.78. The zero-order chi connectivity index (χ0) is 14.4. The highest BCUT2D eigenvalue weighted by atomic mass is 32.2. The van der Waals surface area contributed by atoms with Crippen LogP contribution >= 0.6 is 24.6 Å². The van der Waals surface area contributed by atoms with Gasteiger partial charge < -0.3 is 9.47 Å². The van der Waals surface area contributed by atoms with Gasteiger partial charge in [0.05, 0.1) is 0 Å². The van der Waals surface area contributed by atoms with Gasteiger partial charge in [-0.3, -0.25) is 0 Å². The molecule has 5 nitrogen and oxygen atoms in total. The normalized spacial score (nSPS) is 10.1. The van der Waals surface area contributed by atoms with Gasteiger partial charge in [0.25, 0.3) is 6.26 Å². The van der Waals surface area contributed by atoms with E-state index in [-0.39, 0.29) is 6.61 Å². The number of benzene rings is 1. The lowest BCUT2D eigenvalue weighted by molar-refractivity contribution is 0.285. The molecular weight excluding hydrogens is 294 g/mol. The van der Waals surface area contributed by atoms with Crippen LogP contribution in [-0.2, 0) is 6.61 Å². The zero-order valence-electron chi connectivity index (χ0n) is 10.8. The van der Waals surface area contributed by atoms with Crippen molar-refractivity contribution in [2.75, 3.05) is 5.75 Å². The van der Waals surface area contributed by atoms with E-state index in [0.717, 1.165) is 16.2 Å². The highest BCUT2D eigenvalue weighted by Crippen LogP contribution is 2.31. The van der Waals surface area contributed by atoms with Crippen molar-refractivity contribution in [2.24, 2.45) is 0 Å². The van der Waals surface area contributed by atoms with Crippen molar-refractivity contribution in [2.45, 2.75) is 18.4 Å². The van der Waals surface area contributed by atoms with Crippen molar-refractivity contribution in [3.8, 4) is 17.9 Å². The van der Waals surface area contributed by atoms with Gasteiger partial charge in [0.15, 0.2) is 0 Å². The fourth-order valence-corrected chi connectivity index (χ4v) is 2.62. The lowest BCUT2D eigenvalue weighted by Crippen LogP contribution is -2.01. The molecule has 20 heavy (non-hydrogen) atoms. The molecule has 0 atom stereocenters. The van der Waals surface area contributed by atoms with Crippen LogP contribution < -0.4 is 9.47 Å². The third-order valence-electron chi connectivity index (χ3n) is 2.46. The number of nitriles is 1. The van der Waals surface area contributed by atoms with Crippen LogP contribution in [0.1, 0.15) is 12.5 Å². The maximum Gasteiger partial charge on any atom is 0.292 e. The molecule has 1 aromatic heterocycles. The summed E-state index contributed by atoms with van der Waals surface area (Å²) in [5, 5.41) is 12.7. The van der Waals surface area contributed by atoms with Gasteiger partial charge in [-0.25, -0.2) is 4.09 Å². The van der Waals surface area contributed by atoms with Gasteiger partial charge in [-0.2, -0.15) is 0 Å². The predicted molar refractivity (Wildman–Crippen MR) is 80.0 cm³/mol. The van der Waals surface area contributed by atoms with E-state index in [1.54, 1.807) is 36.3 Å². The Balaban J connectivity index is 2.20. The van der Waals surface area contributed by atoms with Crippen LogP contribution in [0.3, 0.4) is 0 Å². The van der Waals surface area contributed by atoms with E-state index < -0.39 is 0 Å². The van der Waals surface area contributed by atoms with E-state index >= 15 is 0 Å². The number of rotatable bonds is 6. The second-order valence-corrected chi connectivity index (χ2v) is 5.44. The van der Waals surface area contributed by atoms with Crippen molar-refractivity contribution in [3.63, 3.8) is 0 Å². The van der Waals surface area contributed by atoms with Gasteiger partial charge >= 0.3 is 0 Å². The van der Waals surface area contributed by atoms with Crippen LogP contribution in [0.2, 0.25) is 0 Å². The highest BCUT2D eigenvalue weighted by molar-refractivity contribution is 7.99. The largest absolute Gasteiger partial charge is 0.472 e. The van der Waals surface area contributed by atoms with Crippen molar-refractivity contribution in [1.29, 1.82) is 5.26 Å². The second-order valence-electron chi connectivity index (χ2n) is 3.72. The van der Waals surface area contributed by atoms with E-state index in [9.17, 15) is 0 Å². The van der Waals surface area contributed by atoms with Crippen LogP contribution in [0.4, 0.5) is 0 Å². The Morgan fingerprint density at radius 1 is 1.45 bits per heavy atom. The minimum atomic E-state index is 0.283. The van der Waals surface area contributed by atoms with E-state index in [1.165, 1.54) is 4.09 Å². The Labute approximate surface area is 127 Å². The monoisotopic (exact) mass is 307 g/mol. The Kier molecular flexibility index (Phi) is 5.21. The lowest BCUT2D eigenvalue weighted by Gasteiger charge is -2.11. The van der Waals surface area contributed by atoms with Gasteiger partial charge in [-0.1, -0.05) is 13.0 Å². The molecule has 0 spiro atoms. The fraction of sp³-hybridized carbons (Fsp3) is 0.231. The number of ether oxygens (including phenoxy) is 2. The molecule has 1 aromatic carbocycles. The average Bonchev–Trinajstić information content (AvgIpc) is 2.84. The number of thiol groups is 1. The number of thioether (sulfide) groups is 1. The first-order valence-electron chi connectivity index (χ1n) is 5.93. The molecule has 104 valence electrons. The molecule has 0 radical (unpaired) electrons. The summed E-state index contributed by atoms with van der Waals surface area (Å²) in [7, 11) is 0. The summed E-state index contributed by atoms with van der Waals surface area (Å²) >= 11 is 5.72. The number of hydrogen-bond acceptors (Lipinski definition) is 6. The summed E-state index contributed by atoms with van der Waals surface area (Å²) in [6.07, 6.45) is 3.38. The van der Waals surface area contributed by atoms with Crippen LogP contribution in [0.25, 0.3) is 0 Å². The Bertz CT molecular complexity index is 622. The molecule has 0 aliphatic carbocycles. The quantitative estimate of drug-likeness (QED) is 0.505. The first-order chi connectivity index (χ1) is 9.74. The molecule has 0 saturated heterocycles. The predicted octanol–water partition coefficient (Wildman–Crippen LogP) is 3.13. The van der Waals surface area contributed by atoms with Crippen LogP contribution in [0.15, 0.2) is 35.4 Å². The number of aromatic nitrogens is 2. The molecule has 0 saturated carbocycles. The SMILES string of the molecule is CCSc1cccc(OC#N)c1COc1ccn(S)n1. The minimum absolute atomic E-state index is 0.283. The van der Waals surface area contributed by atoms with Crippen LogP contribution in [-0.4, -0.2) is 14.9 Å². The standard InChI is InChI=1S/C13H13N3O2S2/c1-2-20-12-5-3-4-11(18-9-14)10(12)8-17-13-6-7-16(19)15-13/h3-7,19H,2,8H2,1H3. The molecule has 0 aliphatic rings. The van der Waals surface area contributed by atoms with E-state index in [4.69, 9.17) is 14.7 Å². The lowest BCUT2D eigenvalue weighted by atomic mass is 10.2. The molecule has 0 amide bonds. The Morgan fingerprint density at radius 3 is 2.95 bits per heavy atom. The van der Waals surface area contributed by atoms with Gasteiger partial charge in [0.2, 0.25) is 5.88 Å². The average molecular weight is 307 g/mol. The molecule has 0 fully saturated rings. The van der Waals surface area contributed by atoms with Crippen LogP contribution in [0, 0.1) is 11.5 Å². The maximum atomic E-state index is 8.71. The molecule has 2 rings (SSSR count). The van der Waals surface area contributed by atoms with Gasteiger partial charge in [0, 0.05) is 22.7 Å². The summed E-state index contributed by atoms with van der Waals surface area (Å²) in [6.45, 7) is 2.35. The molecule has 0 bridgehead atoms. The third kappa shape index (κ3) is 3.62. The first-order valence-corrected chi connectivity index (χ1v) is 7.31. The zero-order valence-corrected chi connectivity index (χ0v) is 12.5. The molecule has 0 N–H and O–H groups in total. The second kappa shape index (κ2) is 7.12. The van der Waals surface area contributed by atoms with E-state index in [1.807, 2.05) is 12.1 Å². The third-order valence-corrected chi connectivity index (χ3v) is 3.67. The molecule has 1 heterocycles. The molecule has 0 unspecified atom stereocenters. The number of nitrogens with zero attached hydrogens (tertiary/aromatic N) is 3. The van der Waals surface area contributed by atoms with Crippen molar-refractivity contribution in [1.82, 2.24) is 9.19 Å². The van der Waals surface area contributed by atoms with Gasteiger partial charge in [-0.15, -0.1) is 22.1 Å². The molecular formula is C13H13N3O2S2. The van der Waals surface area contributed by atoms with Crippen molar-refractivity contribution < 1.29 is 9.47 Å². The van der Waals surface area contributed by atoms with Crippen LogP contribution in [0.5, 0.6) is 11.6 Å². The smallest absolute Gasteiger partial charge is 0.292 e. The fourth-order valence-electron chi connectivity index (χ4n) is 1.64. The summed E-state index contributed by atoms with van der Waals surface area (Å²) < 4.78 is 12.0. The topological polar surface area (TPSA) is 60.1 Å². The molecule has 2 aromatic rings. The Morgan fingerprint density at radius 2 is 2.30 bits per heavy atom.